The van der Waals surface area contributed by atoms with Crippen LogP contribution in [0.3, 0.4) is 0 Å². The van der Waals surface area contributed by atoms with Gasteiger partial charge in [-0.15, -0.1) is 0 Å². The fourth-order valence-electron chi connectivity index (χ4n) is 6.41. The summed E-state index contributed by atoms with van der Waals surface area (Å²) in [5.41, 5.74) is 7.47. The Balaban J connectivity index is 1.49. The normalized spacial score (nSPS) is 12.2. The number of nitrogens with one attached hydrogen (secondary N) is 2. The summed E-state index contributed by atoms with van der Waals surface area (Å²) in [6.07, 6.45) is 2.85. The minimum absolute atomic E-state index is 0.0590. The van der Waals surface area contributed by atoms with Crippen molar-refractivity contribution in [2.75, 3.05) is 6.54 Å². The number of carbonyl (C=O) groups excluding carboxylic acids is 1. The molecule has 0 aliphatic heterocycles. The van der Waals surface area contributed by atoms with Gasteiger partial charge in [0.05, 0.1) is 5.54 Å². The van der Waals surface area contributed by atoms with Crippen LogP contribution in [0.25, 0.3) is 10.9 Å². The second-order valence-corrected chi connectivity index (χ2v) is 11.6. The van der Waals surface area contributed by atoms with Crippen LogP contribution >= 0.6 is 0 Å². The first-order chi connectivity index (χ1) is 21.5. The van der Waals surface area contributed by atoms with E-state index in [-0.39, 0.29) is 11.9 Å². The van der Waals surface area contributed by atoms with Gasteiger partial charge in [-0.2, -0.15) is 0 Å². The smallest absolute Gasteiger partial charge is 0.219 e. The highest BCUT2D eigenvalue weighted by Crippen LogP contribution is 2.38. The molecular formula is C40H39N3O. The molecular weight excluding hydrogens is 538 g/mol. The molecule has 0 aliphatic carbocycles. The van der Waals surface area contributed by atoms with Gasteiger partial charge in [0.15, 0.2) is 0 Å². The first-order valence-electron chi connectivity index (χ1n) is 15.3. The summed E-state index contributed by atoms with van der Waals surface area (Å²) in [5.74, 6) is 0.0590. The van der Waals surface area contributed by atoms with Crippen LogP contribution < -0.4 is 5.32 Å². The molecule has 4 heteroatoms. The molecule has 44 heavy (non-hydrogen) atoms. The van der Waals surface area contributed by atoms with Crippen LogP contribution in [0.1, 0.15) is 40.3 Å². The third-order valence-corrected chi connectivity index (χ3v) is 8.69. The van der Waals surface area contributed by atoms with Crippen molar-refractivity contribution in [1.29, 1.82) is 0 Å². The Hall–Kier alpha value is -4.93. The van der Waals surface area contributed by atoms with Gasteiger partial charge in [-0.3, -0.25) is 10.1 Å². The number of para-hydroxylation sites is 1. The van der Waals surface area contributed by atoms with Crippen molar-refractivity contribution in [3.8, 4) is 0 Å². The molecule has 0 saturated carbocycles. The van der Waals surface area contributed by atoms with Crippen molar-refractivity contribution < 1.29 is 4.79 Å². The number of carbonyl (C=O) groups is 1. The van der Waals surface area contributed by atoms with E-state index in [1.165, 1.54) is 16.5 Å². The molecule has 1 aromatic heterocycles. The fraction of sp³-hybridized carbons (Fsp3) is 0.175. The highest BCUT2D eigenvalue weighted by atomic mass is 16.2. The van der Waals surface area contributed by atoms with Crippen LogP contribution in [0.15, 0.2) is 146 Å². The van der Waals surface area contributed by atoms with Crippen LogP contribution in [-0.4, -0.2) is 28.4 Å². The van der Waals surface area contributed by atoms with Crippen LogP contribution in [-0.2, 0) is 23.3 Å². The molecule has 0 saturated heterocycles. The lowest BCUT2D eigenvalue weighted by atomic mass is 9.76. The number of benzene rings is 5. The minimum atomic E-state index is -0.661. The topological polar surface area (TPSA) is 48.1 Å². The molecule has 0 aliphatic rings. The van der Waals surface area contributed by atoms with Crippen LogP contribution in [0, 0.1) is 6.92 Å². The van der Waals surface area contributed by atoms with E-state index < -0.39 is 5.54 Å². The Bertz CT molecular complexity index is 1720. The van der Waals surface area contributed by atoms with Crippen LogP contribution in [0.2, 0.25) is 0 Å². The van der Waals surface area contributed by atoms with E-state index in [1.807, 2.05) is 17.0 Å². The third-order valence-electron chi connectivity index (χ3n) is 8.69. The monoisotopic (exact) mass is 577 g/mol. The number of aromatic nitrogens is 1. The van der Waals surface area contributed by atoms with Crippen molar-refractivity contribution >= 4 is 16.8 Å². The minimum Gasteiger partial charge on any atom is -0.361 e. The van der Waals surface area contributed by atoms with Gasteiger partial charge >= 0.3 is 0 Å². The molecule has 220 valence electrons. The predicted molar refractivity (Wildman–Crippen MR) is 180 cm³/mol. The first-order valence-corrected chi connectivity index (χ1v) is 15.3. The molecule has 1 amide bonds. The number of aromatic amines is 1. The average Bonchev–Trinajstić information content (AvgIpc) is 3.48. The molecule has 0 radical (unpaired) electrons. The van der Waals surface area contributed by atoms with Crippen molar-refractivity contribution in [1.82, 2.24) is 15.2 Å². The van der Waals surface area contributed by atoms with E-state index >= 15 is 0 Å². The molecule has 6 rings (SSSR count). The number of fused-ring (bicyclic) bond motifs is 1. The summed E-state index contributed by atoms with van der Waals surface area (Å²) in [7, 11) is 0. The molecule has 1 atom stereocenters. The quantitative estimate of drug-likeness (QED) is 0.153. The highest BCUT2D eigenvalue weighted by molar-refractivity contribution is 5.83. The van der Waals surface area contributed by atoms with Crippen LogP contribution in [0.5, 0.6) is 0 Å². The zero-order chi connectivity index (χ0) is 30.4. The van der Waals surface area contributed by atoms with Gasteiger partial charge in [0.25, 0.3) is 0 Å². The van der Waals surface area contributed by atoms with E-state index in [1.54, 1.807) is 6.92 Å². The lowest BCUT2D eigenvalue weighted by Gasteiger charge is -2.41. The van der Waals surface area contributed by atoms with Crippen molar-refractivity contribution in [3.63, 3.8) is 0 Å². The number of hydrogen-bond acceptors (Lipinski definition) is 2. The zero-order valence-electron chi connectivity index (χ0n) is 25.4. The third kappa shape index (κ3) is 6.08. The molecule has 0 bridgehead atoms. The molecule has 1 unspecified atom stereocenters. The van der Waals surface area contributed by atoms with E-state index in [4.69, 9.17) is 0 Å². The maximum Gasteiger partial charge on any atom is 0.219 e. The number of hydrogen-bond donors (Lipinski definition) is 2. The maximum absolute atomic E-state index is 13.3. The molecule has 1 heterocycles. The first kappa shape index (κ1) is 29.2. The number of nitrogens with zero attached hydrogens (tertiary/aromatic N) is 1. The number of H-pyrrole nitrogens is 1. The van der Waals surface area contributed by atoms with Crippen LogP contribution in [0.4, 0.5) is 0 Å². The van der Waals surface area contributed by atoms with Gasteiger partial charge in [-0.05, 0) is 52.8 Å². The summed E-state index contributed by atoms with van der Waals surface area (Å²) in [6, 6.07) is 48.7. The van der Waals surface area contributed by atoms with Crippen molar-refractivity contribution in [2.45, 2.75) is 38.4 Å². The van der Waals surface area contributed by atoms with Gasteiger partial charge in [0.1, 0.15) is 0 Å². The fourth-order valence-corrected chi connectivity index (χ4v) is 6.41. The average molecular weight is 578 g/mol. The Kier molecular flexibility index (Phi) is 8.71. The van der Waals surface area contributed by atoms with E-state index in [2.05, 4.69) is 151 Å². The van der Waals surface area contributed by atoms with Gasteiger partial charge in [-0.1, -0.05) is 133 Å². The molecule has 0 fully saturated rings. The molecule has 0 spiro atoms. The summed E-state index contributed by atoms with van der Waals surface area (Å²) in [4.78, 5) is 18.7. The Morgan fingerprint density at radius 3 is 1.80 bits per heavy atom. The lowest BCUT2D eigenvalue weighted by molar-refractivity contribution is -0.129. The van der Waals surface area contributed by atoms with Gasteiger partial charge in [0.2, 0.25) is 5.91 Å². The second-order valence-electron chi connectivity index (χ2n) is 11.6. The van der Waals surface area contributed by atoms with Gasteiger partial charge in [0, 0.05) is 43.2 Å². The summed E-state index contributed by atoms with van der Waals surface area (Å²) in [6.45, 7) is 4.89. The molecule has 4 nitrogen and oxygen atoms in total. The Morgan fingerprint density at radius 2 is 1.23 bits per heavy atom. The van der Waals surface area contributed by atoms with E-state index in [9.17, 15) is 4.79 Å². The highest BCUT2D eigenvalue weighted by Gasteiger charge is 2.38. The number of amides is 1. The largest absolute Gasteiger partial charge is 0.361 e. The number of rotatable bonds is 11. The lowest BCUT2D eigenvalue weighted by Crippen LogP contribution is -2.54. The van der Waals surface area contributed by atoms with E-state index in [0.717, 1.165) is 34.2 Å². The summed E-state index contributed by atoms with van der Waals surface area (Å²) < 4.78 is 0. The SMILES string of the molecule is CC(=O)N(Cc1ccccc1C)CC(Cc1c[nH]c2ccccc12)NC(c1ccccc1)(c1ccccc1)c1ccccc1. The van der Waals surface area contributed by atoms with Gasteiger partial charge < -0.3 is 9.88 Å². The van der Waals surface area contributed by atoms with E-state index in [0.29, 0.717) is 13.1 Å². The zero-order valence-corrected chi connectivity index (χ0v) is 25.4. The second kappa shape index (κ2) is 13.2. The Morgan fingerprint density at radius 1 is 0.705 bits per heavy atom. The molecule has 2 N–H and O–H groups in total. The summed E-state index contributed by atoms with van der Waals surface area (Å²) in [5, 5.41) is 5.40. The molecule has 5 aromatic carbocycles. The molecule has 6 aromatic rings. The standard InChI is InChI=1S/C40H39N3O/c1-30-16-12-13-17-32(30)28-43(31(2)44)29-37(26-33-27-41-39-25-15-14-24-38(33)39)42-40(34-18-6-3-7-19-34,35-20-8-4-9-21-35)36-22-10-5-11-23-36/h3-25,27,37,41-42H,26,28-29H2,1-2H3. The summed E-state index contributed by atoms with van der Waals surface area (Å²) >= 11 is 0. The Labute approximate surface area is 260 Å². The number of aryl methyl sites for hydroxylation is 1. The van der Waals surface area contributed by atoms with Crippen molar-refractivity contribution in [3.05, 3.63) is 179 Å². The van der Waals surface area contributed by atoms with Crippen molar-refractivity contribution in [2.24, 2.45) is 0 Å². The van der Waals surface area contributed by atoms with Gasteiger partial charge in [-0.25, -0.2) is 0 Å². The predicted octanol–water partition coefficient (Wildman–Crippen LogP) is 8.02. The maximum atomic E-state index is 13.3.